The average Bonchev–Trinajstić information content (AvgIpc) is 3.40. The maximum atomic E-state index is 14.3. The van der Waals surface area contributed by atoms with E-state index in [1.165, 1.54) is 25.2 Å². The Hall–Kier alpha value is -4.16. The van der Waals surface area contributed by atoms with E-state index in [0.717, 1.165) is 11.1 Å². The first-order chi connectivity index (χ1) is 16.7. The van der Waals surface area contributed by atoms with E-state index in [2.05, 4.69) is 35.5 Å². The molecule has 0 amide bonds. The van der Waals surface area contributed by atoms with Crippen LogP contribution in [0.2, 0.25) is 0 Å². The molecule has 2 aromatic carbocycles. The summed E-state index contributed by atoms with van der Waals surface area (Å²) in [5.74, 6) is 0.579. The summed E-state index contributed by atoms with van der Waals surface area (Å²) in [4.78, 5) is 13.1. The molecule has 4 rings (SSSR count). The third-order valence-electron chi connectivity index (χ3n) is 5.04. The van der Waals surface area contributed by atoms with Gasteiger partial charge in [0.25, 0.3) is 0 Å². The third kappa shape index (κ3) is 5.67. The van der Waals surface area contributed by atoms with Crippen LogP contribution in [0.4, 0.5) is 21.8 Å². The van der Waals surface area contributed by atoms with Crippen LogP contribution in [0.3, 0.4) is 0 Å². The normalized spacial score (nSPS) is 11.9. The van der Waals surface area contributed by atoms with Gasteiger partial charge in [0.15, 0.2) is 5.82 Å². The van der Waals surface area contributed by atoms with E-state index in [1.807, 2.05) is 6.92 Å². The number of nitrogens with one attached hydrogen (secondary N) is 3. The van der Waals surface area contributed by atoms with Crippen molar-refractivity contribution in [1.82, 2.24) is 24.2 Å². The third-order valence-corrected chi connectivity index (χ3v) is 6.47. The van der Waals surface area contributed by atoms with Gasteiger partial charge in [0.05, 0.1) is 16.3 Å². The van der Waals surface area contributed by atoms with Gasteiger partial charge in [0.2, 0.25) is 16.0 Å². The lowest BCUT2D eigenvalue weighted by Gasteiger charge is -2.11. The van der Waals surface area contributed by atoms with Gasteiger partial charge in [-0.1, -0.05) is 18.2 Å². The van der Waals surface area contributed by atoms with Crippen LogP contribution in [0.25, 0.3) is 5.82 Å². The summed E-state index contributed by atoms with van der Waals surface area (Å²) in [5.41, 5.74) is 5.34. The number of hydrazone groups is 1. The Morgan fingerprint density at radius 1 is 1.09 bits per heavy atom. The van der Waals surface area contributed by atoms with Gasteiger partial charge in [-0.3, -0.25) is 9.99 Å². The summed E-state index contributed by atoms with van der Waals surface area (Å²) in [6.07, 6.45) is 4.92. The minimum Gasteiger partial charge on any atom is -0.322 e. The largest absolute Gasteiger partial charge is 0.322 e. The molecule has 0 bridgehead atoms. The molecule has 0 spiro atoms. The second-order valence-corrected chi connectivity index (χ2v) is 9.44. The zero-order chi connectivity index (χ0) is 25.0. The van der Waals surface area contributed by atoms with Crippen molar-refractivity contribution in [3.63, 3.8) is 0 Å². The van der Waals surface area contributed by atoms with Crippen molar-refractivity contribution in [2.45, 2.75) is 18.7 Å². The smallest absolute Gasteiger partial charge is 0.240 e. The second kappa shape index (κ2) is 9.99. The van der Waals surface area contributed by atoms with Crippen molar-refractivity contribution in [3.8, 4) is 5.82 Å². The molecule has 0 unspecified atom stereocenters. The molecule has 0 aliphatic rings. The molecule has 0 atom stereocenters. The number of rotatable bonds is 8. The lowest BCUT2D eigenvalue weighted by atomic mass is 10.1. The van der Waals surface area contributed by atoms with Crippen molar-refractivity contribution < 1.29 is 12.8 Å². The predicted octanol–water partition coefficient (Wildman–Crippen LogP) is 3.60. The number of sulfonamides is 1. The highest BCUT2D eigenvalue weighted by Crippen LogP contribution is 2.22. The molecule has 3 N–H and O–H groups in total. The number of benzene rings is 2. The Morgan fingerprint density at radius 2 is 1.86 bits per heavy atom. The topological polar surface area (TPSA) is 126 Å². The number of nitrogens with zero attached hydrogens (tertiary/aromatic N) is 5. The van der Waals surface area contributed by atoms with Crippen molar-refractivity contribution in [2.75, 3.05) is 17.8 Å². The van der Waals surface area contributed by atoms with Crippen LogP contribution in [0, 0.1) is 12.7 Å². The van der Waals surface area contributed by atoms with Crippen molar-refractivity contribution in [2.24, 2.45) is 5.10 Å². The summed E-state index contributed by atoms with van der Waals surface area (Å²) in [6.45, 7) is 3.63. The van der Waals surface area contributed by atoms with E-state index in [4.69, 9.17) is 0 Å². The molecule has 180 valence electrons. The van der Waals surface area contributed by atoms with Gasteiger partial charge in [-0.25, -0.2) is 22.5 Å². The summed E-state index contributed by atoms with van der Waals surface area (Å²) in [7, 11) is -2.16. The van der Waals surface area contributed by atoms with Gasteiger partial charge in [-0.15, -0.1) is 0 Å². The van der Waals surface area contributed by atoms with Crippen LogP contribution < -0.4 is 15.5 Å². The Morgan fingerprint density at radius 3 is 2.54 bits per heavy atom. The highest BCUT2D eigenvalue weighted by Gasteiger charge is 2.12. The zero-order valence-corrected chi connectivity index (χ0v) is 20.0. The standard InChI is InChI=1S/C23H23FN8O2S/c1-15-4-9-19(24)20(12-15)27-23-28-21(13-22(29-23)32-11-10-26-14-32)31-30-16(2)17-5-7-18(8-6-17)35(33,34)25-3/h4-14,25H,1-3H3,(H2,27,28,29,31). The fourth-order valence-electron chi connectivity index (χ4n) is 3.13. The van der Waals surface area contributed by atoms with Crippen molar-refractivity contribution >= 4 is 33.2 Å². The number of aromatic nitrogens is 4. The highest BCUT2D eigenvalue weighted by molar-refractivity contribution is 7.89. The monoisotopic (exact) mass is 494 g/mol. The lowest BCUT2D eigenvalue weighted by Crippen LogP contribution is -2.18. The van der Waals surface area contributed by atoms with Gasteiger partial charge in [-0.2, -0.15) is 15.1 Å². The molecule has 0 aliphatic heterocycles. The predicted molar refractivity (Wildman–Crippen MR) is 132 cm³/mol. The SMILES string of the molecule is CNS(=O)(=O)c1ccc(C(C)=NNc2cc(-n3ccnc3)nc(Nc3cc(C)ccc3F)n2)cc1. The van der Waals surface area contributed by atoms with Crippen molar-refractivity contribution in [1.29, 1.82) is 0 Å². The van der Waals surface area contributed by atoms with Crippen LogP contribution in [0.5, 0.6) is 0 Å². The molecular weight excluding hydrogens is 471 g/mol. The van der Waals surface area contributed by atoms with Gasteiger partial charge < -0.3 is 5.32 Å². The Labute approximate surface area is 202 Å². The van der Waals surface area contributed by atoms with Crippen LogP contribution in [-0.4, -0.2) is 40.7 Å². The van der Waals surface area contributed by atoms with Crippen LogP contribution >= 0.6 is 0 Å². The van der Waals surface area contributed by atoms with Crippen LogP contribution in [0.15, 0.2) is 77.2 Å². The van der Waals surface area contributed by atoms with Crippen LogP contribution in [-0.2, 0) is 10.0 Å². The fraction of sp³-hybridized carbons (Fsp3) is 0.130. The fourth-order valence-corrected chi connectivity index (χ4v) is 3.86. The zero-order valence-electron chi connectivity index (χ0n) is 19.2. The number of halogens is 1. The minimum absolute atomic E-state index is 0.157. The number of aryl methyl sites for hydroxylation is 1. The molecule has 4 aromatic rings. The van der Waals surface area contributed by atoms with E-state index in [0.29, 0.717) is 17.3 Å². The summed E-state index contributed by atoms with van der Waals surface area (Å²) < 4.78 is 42.1. The molecule has 0 aliphatic carbocycles. The number of hydrogen-bond donors (Lipinski definition) is 3. The Bertz CT molecular complexity index is 1470. The first-order valence-electron chi connectivity index (χ1n) is 10.5. The molecule has 0 saturated heterocycles. The van der Waals surface area contributed by atoms with E-state index >= 15 is 0 Å². The highest BCUT2D eigenvalue weighted by atomic mass is 32.2. The number of hydrogen-bond acceptors (Lipinski definition) is 8. The molecule has 0 radical (unpaired) electrons. The maximum absolute atomic E-state index is 14.3. The van der Waals surface area contributed by atoms with Crippen LogP contribution in [0.1, 0.15) is 18.1 Å². The second-order valence-electron chi connectivity index (χ2n) is 7.55. The van der Waals surface area contributed by atoms with Gasteiger partial charge in [0.1, 0.15) is 18.0 Å². The minimum atomic E-state index is -3.52. The van der Waals surface area contributed by atoms with Gasteiger partial charge in [-0.05, 0) is 56.3 Å². The molecule has 10 nitrogen and oxygen atoms in total. The van der Waals surface area contributed by atoms with E-state index in [-0.39, 0.29) is 16.5 Å². The van der Waals surface area contributed by atoms with Crippen molar-refractivity contribution in [3.05, 3.63) is 84.2 Å². The Kier molecular flexibility index (Phi) is 6.85. The average molecular weight is 495 g/mol. The van der Waals surface area contributed by atoms with E-state index in [9.17, 15) is 12.8 Å². The molecule has 0 fully saturated rings. The number of imidazole rings is 1. The number of anilines is 3. The summed E-state index contributed by atoms with van der Waals surface area (Å²) in [5, 5.41) is 7.28. The molecule has 0 saturated carbocycles. The summed E-state index contributed by atoms with van der Waals surface area (Å²) >= 11 is 0. The van der Waals surface area contributed by atoms with E-state index in [1.54, 1.807) is 60.5 Å². The molecule has 35 heavy (non-hydrogen) atoms. The maximum Gasteiger partial charge on any atom is 0.240 e. The molecule has 2 aromatic heterocycles. The first kappa shape index (κ1) is 24.0. The van der Waals surface area contributed by atoms with E-state index < -0.39 is 15.8 Å². The Balaban J connectivity index is 1.62. The summed E-state index contributed by atoms with van der Waals surface area (Å²) in [6, 6.07) is 12.7. The first-order valence-corrected chi connectivity index (χ1v) is 12.0. The lowest BCUT2D eigenvalue weighted by molar-refractivity contribution is 0.588. The molecule has 2 heterocycles. The van der Waals surface area contributed by atoms with Gasteiger partial charge in [0, 0.05) is 18.5 Å². The molecule has 12 heteroatoms. The quantitative estimate of drug-likeness (QED) is 0.252. The molecular formula is C23H23FN8O2S. The van der Waals surface area contributed by atoms with Gasteiger partial charge >= 0.3 is 0 Å².